The van der Waals surface area contributed by atoms with Gasteiger partial charge in [0.05, 0.1) is 48.1 Å². The fraction of sp³-hybridized carbons (Fsp3) is 0.871. The Hall–Kier alpha value is -3.03. The number of cyclic esters (lactones) is 1. The van der Waals surface area contributed by atoms with Crippen LogP contribution in [0.25, 0.3) is 0 Å². The van der Waals surface area contributed by atoms with E-state index in [-0.39, 0.29) is 57.0 Å². The highest BCUT2D eigenvalue weighted by Gasteiger charge is 2.76. The van der Waals surface area contributed by atoms with Gasteiger partial charge in [-0.1, -0.05) is 53.2 Å². The largest absolute Gasteiger partial charge is 0.459 e. The van der Waals surface area contributed by atoms with Crippen LogP contribution in [0.4, 0.5) is 4.39 Å². The highest BCUT2D eigenvalue weighted by Crippen LogP contribution is 2.70. The van der Waals surface area contributed by atoms with Crippen LogP contribution in [-0.4, -0.2) is 199 Å². The Morgan fingerprint density at radius 3 is 2.19 bits per heavy atom. The van der Waals surface area contributed by atoms with Gasteiger partial charge >= 0.3 is 5.97 Å². The Morgan fingerprint density at radius 1 is 0.904 bits per heavy atom. The summed E-state index contributed by atoms with van der Waals surface area (Å²) in [6.07, 6.45) is -6.41. The molecule has 0 aromatic heterocycles. The molecule has 20 nitrogen and oxygen atoms in total. The summed E-state index contributed by atoms with van der Waals surface area (Å²) in [5, 5.41) is 91.0. The fourth-order valence-electron chi connectivity index (χ4n) is 16.7. The molecule has 3 aliphatic heterocycles. The van der Waals surface area contributed by atoms with Crippen molar-refractivity contribution in [3.8, 4) is 0 Å². The van der Waals surface area contributed by atoms with Crippen molar-refractivity contribution in [3.05, 3.63) is 23.8 Å². The molecule has 474 valence electrons. The van der Waals surface area contributed by atoms with Crippen molar-refractivity contribution >= 4 is 23.6 Å². The fourth-order valence-corrected chi connectivity index (χ4v) is 16.7. The summed E-state index contributed by atoms with van der Waals surface area (Å²) in [7, 11) is 3.31. The average Bonchev–Trinajstić information content (AvgIpc) is 3.95. The van der Waals surface area contributed by atoms with Gasteiger partial charge in [0.2, 0.25) is 5.91 Å². The number of hydrogen-bond acceptors (Lipinski definition) is 18. The van der Waals surface area contributed by atoms with Crippen LogP contribution in [0.1, 0.15) is 161 Å². The zero-order valence-electron chi connectivity index (χ0n) is 52.1. The number of likely N-dealkylation sites (N-methyl/N-ethyl adjacent to an activating group) is 1. The van der Waals surface area contributed by atoms with Gasteiger partial charge in [-0.2, -0.15) is 0 Å². The van der Waals surface area contributed by atoms with E-state index in [1.54, 1.807) is 68.4 Å². The molecule has 0 spiro atoms. The maximum atomic E-state index is 17.9. The van der Waals surface area contributed by atoms with Gasteiger partial charge in [-0.3, -0.25) is 19.2 Å². The molecule has 3 saturated heterocycles. The second kappa shape index (κ2) is 24.5. The summed E-state index contributed by atoms with van der Waals surface area (Å²) >= 11 is 0. The second-order valence-corrected chi connectivity index (χ2v) is 27.5. The highest BCUT2D eigenvalue weighted by molar-refractivity contribution is 6.01. The molecule has 0 aromatic carbocycles. The molecule has 4 aliphatic carbocycles. The molecular formula is C62H102FN3O17. The van der Waals surface area contributed by atoms with Crippen LogP contribution in [0.2, 0.25) is 0 Å². The molecule has 0 radical (unpaired) electrons. The zero-order valence-corrected chi connectivity index (χ0v) is 52.1. The number of allylic oxidation sites excluding steroid dienone is 4. The number of carbonyl (C=O) groups excluding carboxylic acids is 4. The third-order valence-corrected chi connectivity index (χ3v) is 22.2. The molecule has 4 unspecified atom stereocenters. The van der Waals surface area contributed by atoms with Gasteiger partial charge < -0.3 is 79.7 Å². The molecule has 83 heavy (non-hydrogen) atoms. The van der Waals surface area contributed by atoms with Crippen LogP contribution >= 0.6 is 0 Å². The number of aliphatic hydroxyl groups excluding tert-OH is 3. The maximum absolute atomic E-state index is 17.9. The average molecular weight is 1180 g/mol. The molecule has 0 bridgehead atoms. The number of nitrogens with zero attached hydrogens (tertiary/aromatic N) is 1. The smallest absolute Gasteiger partial charge is 0.311 e. The van der Waals surface area contributed by atoms with Crippen LogP contribution in [-0.2, 0) is 47.6 Å². The van der Waals surface area contributed by atoms with Crippen molar-refractivity contribution in [3.63, 3.8) is 0 Å². The molecular weight excluding hydrogens is 1080 g/mol. The van der Waals surface area contributed by atoms with E-state index in [1.165, 1.54) is 40.0 Å². The number of carbonyl (C=O) groups is 4. The van der Waals surface area contributed by atoms with E-state index in [0.717, 1.165) is 0 Å². The number of hydrogen-bond donors (Lipinski definition) is 9. The van der Waals surface area contributed by atoms with Crippen LogP contribution in [0.3, 0.4) is 0 Å². The van der Waals surface area contributed by atoms with Crippen LogP contribution in [0.15, 0.2) is 23.8 Å². The first kappa shape index (κ1) is 67.5. The Morgan fingerprint density at radius 2 is 1.57 bits per heavy atom. The van der Waals surface area contributed by atoms with Crippen molar-refractivity contribution in [2.24, 2.45) is 46.3 Å². The van der Waals surface area contributed by atoms with Gasteiger partial charge in [-0.15, -0.1) is 0 Å². The Kier molecular flexibility index (Phi) is 19.9. The topological polar surface area (TPSA) is 293 Å². The normalized spacial score (nSPS) is 50.0. The summed E-state index contributed by atoms with van der Waals surface area (Å²) in [6, 6.07) is -1.42. The number of rotatable bonds is 13. The van der Waals surface area contributed by atoms with Gasteiger partial charge in [0.15, 0.2) is 29.6 Å². The first-order valence-corrected chi connectivity index (χ1v) is 30.6. The predicted molar refractivity (Wildman–Crippen MR) is 303 cm³/mol. The molecule has 3 heterocycles. The van der Waals surface area contributed by atoms with Crippen LogP contribution in [0.5, 0.6) is 0 Å². The Labute approximate surface area is 490 Å². The number of ketones is 1. The molecule has 26 atom stereocenters. The SMILES string of the molecule is CC[C@H]1OC(=O)[C@H](C)[C@@H](OC2C[C@@](C)(OC)[C@](O)(CCCNC(=O)[C@@]3(O)[C@H](C)CC4C5CCC6=CC(=O)C=C[C@]6(C)[C@@]5(F)[C@@H](O)C[C@@]43C)[C@H](C)O2)[C@H](C)[C@@H](OC2O[C@H](C)C[C@H](N(C)CC)[C@H]2O)[C@](C)(O)C[C@@H](C)C(=O)N[C@H](C)[C@@H](O)[C@]1(C)O. The van der Waals surface area contributed by atoms with E-state index in [4.69, 9.17) is 28.4 Å². The minimum absolute atomic E-state index is 0.00346. The number of aliphatic hydroxyl groups is 7. The predicted octanol–water partition coefficient (Wildman–Crippen LogP) is 4.09. The van der Waals surface area contributed by atoms with E-state index >= 15 is 4.39 Å². The molecule has 2 amide bonds. The van der Waals surface area contributed by atoms with Crippen molar-refractivity contribution in [1.82, 2.24) is 15.5 Å². The van der Waals surface area contributed by atoms with E-state index < -0.39 is 165 Å². The van der Waals surface area contributed by atoms with E-state index in [0.29, 0.717) is 37.8 Å². The number of alkyl halides is 1. The lowest BCUT2D eigenvalue weighted by Gasteiger charge is -2.62. The maximum Gasteiger partial charge on any atom is 0.311 e. The number of esters is 1. The number of amides is 2. The standard InChI is InChI=1S/C62H102FN3O17/c1-17-45-59(14,75)49(70)37(8)65-51(71)32(3)29-57(12,74)50(83-53-47(69)43(66(15)18-2)27-34(5)79-53)35(6)48(36(7)52(72)81-45)82-46-31-58(13,78-16)60(76,38(9)80-46)23-19-25-64-54(73)62(77)33(4)26-42-41-21-20-39-28-40(67)22-24-55(39,10)61(41,63)44(68)30-56(42,62)11/h22,24,28,32-38,41-50,53,68-70,74-77H,17-21,23,25-27,29-31H2,1-16H3,(H,64,73)(H,65,71)/t32-,33-,34-,35+,36-,37-,38+,41?,42?,43+,44+,45-,46?,47-,48+,49-,50-,53?,55+,56+,57-,58-,59-,60+,61+,62+/m1/s1. The minimum atomic E-state index is -2.13. The third kappa shape index (κ3) is 11.6. The van der Waals surface area contributed by atoms with Crippen molar-refractivity contribution < 1.29 is 87.7 Å². The van der Waals surface area contributed by atoms with Crippen molar-refractivity contribution in [2.45, 2.75) is 268 Å². The Bertz CT molecular complexity index is 2430. The summed E-state index contributed by atoms with van der Waals surface area (Å²) in [5.41, 5.74) is -13.1. The van der Waals surface area contributed by atoms with Gasteiger partial charge in [0.25, 0.3) is 5.91 Å². The molecule has 6 fully saturated rings. The third-order valence-electron chi connectivity index (χ3n) is 22.2. The first-order chi connectivity index (χ1) is 38.4. The van der Waals surface area contributed by atoms with E-state index in [9.17, 15) is 54.9 Å². The quantitative estimate of drug-likeness (QED) is 0.0927. The summed E-state index contributed by atoms with van der Waals surface area (Å²) < 4.78 is 56.7. The van der Waals surface area contributed by atoms with Crippen LogP contribution in [0, 0.1) is 46.3 Å². The van der Waals surface area contributed by atoms with Gasteiger partial charge in [0.1, 0.15) is 35.1 Å². The van der Waals surface area contributed by atoms with Gasteiger partial charge in [0, 0.05) is 54.7 Å². The number of methoxy groups -OCH3 is 1. The lowest BCUT2D eigenvalue weighted by atomic mass is 9.44. The number of fused-ring (bicyclic) bond motifs is 5. The summed E-state index contributed by atoms with van der Waals surface area (Å²) in [5.74, 6) is -7.17. The van der Waals surface area contributed by atoms with E-state index in [1.807, 2.05) is 25.8 Å². The molecule has 7 aliphatic rings. The van der Waals surface area contributed by atoms with Crippen LogP contribution < -0.4 is 10.6 Å². The van der Waals surface area contributed by atoms with Crippen molar-refractivity contribution in [1.29, 1.82) is 0 Å². The minimum Gasteiger partial charge on any atom is -0.459 e. The second-order valence-electron chi connectivity index (χ2n) is 27.5. The Balaban J connectivity index is 1.13. The number of nitrogens with one attached hydrogen (secondary N) is 2. The zero-order chi connectivity index (χ0) is 62.1. The summed E-state index contributed by atoms with van der Waals surface area (Å²) in [4.78, 5) is 57.4. The number of halogens is 1. The van der Waals surface area contributed by atoms with Gasteiger partial charge in [-0.05, 0) is 151 Å². The van der Waals surface area contributed by atoms with Gasteiger partial charge in [-0.25, -0.2) is 4.39 Å². The first-order valence-electron chi connectivity index (χ1n) is 30.6. The van der Waals surface area contributed by atoms with Crippen molar-refractivity contribution in [2.75, 3.05) is 27.2 Å². The molecule has 7 rings (SSSR count). The molecule has 21 heteroatoms. The monoisotopic (exact) mass is 1180 g/mol. The van der Waals surface area contributed by atoms with E-state index in [2.05, 4.69) is 10.6 Å². The lowest BCUT2D eigenvalue weighted by molar-refractivity contribution is -0.338. The molecule has 9 N–H and O–H groups in total. The summed E-state index contributed by atoms with van der Waals surface area (Å²) in [6.45, 7) is 23.9. The number of ether oxygens (including phenoxy) is 6. The molecule has 0 aromatic rings. The molecule has 3 saturated carbocycles. The highest BCUT2D eigenvalue weighted by atomic mass is 19.1. The lowest BCUT2D eigenvalue weighted by Crippen LogP contribution is -2.70.